The molecule has 24 heavy (non-hydrogen) atoms. The number of fused-ring (bicyclic) bond motifs is 3. The first kappa shape index (κ1) is 13.4. The van der Waals surface area contributed by atoms with Crippen LogP contribution in [0.15, 0.2) is 24.5 Å². The van der Waals surface area contributed by atoms with Crippen LogP contribution in [0.5, 0.6) is 0 Å². The van der Waals surface area contributed by atoms with Crippen LogP contribution in [0.1, 0.15) is 39.8 Å². The van der Waals surface area contributed by atoms with E-state index in [9.17, 15) is 4.79 Å². The molecule has 3 aromatic heterocycles. The lowest BCUT2D eigenvalue weighted by molar-refractivity contribution is 0.102. The summed E-state index contributed by atoms with van der Waals surface area (Å²) in [6.07, 6.45) is 5.56. The first-order valence-corrected chi connectivity index (χ1v) is 7.93. The van der Waals surface area contributed by atoms with Gasteiger partial charge in [-0.25, -0.2) is 14.6 Å². The lowest BCUT2D eigenvalue weighted by atomic mass is 10.1. The van der Waals surface area contributed by atoms with Crippen LogP contribution in [0.2, 0.25) is 0 Å². The normalized spacial score (nSPS) is 20.5. The molecule has 8 nitrogen and oxygen atoms in total. The van der Waals surface area contributed by atoms with Gasteiger partial charge in [-0.2, -0.15) is 5.10 Å². The highest BCUT2D eigenvalue weighted by atomic mass is 16.2. The van der Waals surface area contributed by atoms with E-state index in [2.05, 4.69) is 30.6 Å². The van der Waals surface area contributed by atoms with Crippen molar-refractivity contribution in [3.63, 3.8) is 0 Å². The largest absolute Gasteiger partial charge is 0.304 e. The maximum Gasteiger partial charge on any atom is 0.277 e. The molecule has 0 bridgehead atoms. The number of hydrogen-bond acceptors (Lipinski definition) is 5. The van der Waals surface area contributed by atoms with Crippen LogP contribution >= 0.6 is 0 Å². The highest BCUT2D eigenvalue weighted by Gasteiger charge is 2.48. The molecule has 1 amide bonds. The van der Waals surface area contributed by atoms with Gasteiger partial charge in [-0.15, -0.1) is 5.10 Å². The fourth-order valence-corrected chi connectivity index (χ4v) is 3.39. The molecule has 2 atom stereocenters. The van der Waals surface area contributed by atoms with Gasteiger partial charge in [0.05, 0.1) is 0 Å². The number of nitrogens with zero attached hydrogens (tertiary/aromatic N) is 5. The summed E-state index contributed by atoms with van der Waals surface area (Å²) in [5, 5.41) is 14.3. The van der Waals surface area contributed by atoms with Crippen molar-refractivity contribution in [2.24, 2.45) is 5.92 Å². The summed E-state index contributed by atoms with van der Waals surface area (Å²) in [6, 6.07) is 3.53. The van der Waals surface area contributed by atoms with E-state index in [0.29, 0.717) is 29.3 Å². The molecule has 2 N–H and O–H groups in total. The molecular weight excluding hydrogens is 306 g/mol. The Morgan fingerprint density at radius 3 is 3.21 bits per heavy atom. The van der Waals surface area contributed by atoms with Gasteiger partial charge in [0.1, 0.15) is 0 Å². The fraction of sp³-hybridized carbons (Fsp3) is 0.312. The summed E-state index contributed by atoms with van der Waals surface area (Å²) in [7, 11) is 0. The Kier molecular flexibility index (Phi) is 2.64. The fourth-order valence-electron chi connectivity index (χ4n) is 3.39. The van der Waals surface area contributed by atoms with Crippen molar-refractivity contribution in [2.45, 2.75) is 25.7 Å². The van der Waals surface area contributed by atoms with E-state index in [1.54, 1.807) is 18.5 Å². The molecule has 3 aromatic rings. The van der Waals surface area contributed by atoms with Gasteiger partial charge in [-0.05, 0) is 31.7 Å². The molecule has 0 saturated heterocycles. The minimum atomic E-state index is -0.232. The molecule has 3 heterocycles. The second-order valence-corrected chi connectivity index (χ2v) is 6.37. The van der Waals surface area contributed by atoms with E-state index < -0.39 is 0 Å². The number of aromatic nitrogens is 6. The van der Waals surface area contributed by atoms with Crippen molar-refractivity contribution < 1.29 is 4.79 Å². The van der Waals surface area contributed by atoms with Gasteiger partial charge >= 0.3 is 0 Å². The van der Waals surface area contributed by atoms with Crippen molar-refractivity contribution in [3.05, 3.63) is 47.2 Å². The Morgan fingerprint density at radius 2 is 2.33 bits per heavy atom. The van der Waals surface area contributed by atoms with E-state index in [1.807, 2.05) is 13.0 Å². The van der Waals surface area contributed by atoms with E-state index >= 15 is 0 Å². The SMILES string of the molecule is Cc1ccnc(-n2ccc(NC(=O)c3n[nH]c4c3C[C@H]3C[C@@H]43)n2)n1. The summed E-state index contributed by atoms with van der Waals surface area (Å²) in [5.74, 6) is 1.98. The van der Waals surface area contributed by atoms with Gasteiger partial charge in [0.2, 0.25) is 0 Å². The molecule has 1 fully saturated rings. The standard InChI is InChI=1S/C16H15N7O/c1-8-2-4-17-16(18-8)23-5-3-12(22-23)19-15(24)14-11-7-9-6-10(9)13(11)20-21-14/h2-5,9-10H,6-7H2,1H3,(H,20,21)(H,19,22,24)/t9-,10-/m1/s1. The Balaban J connectivity index is 1.37. The molecule has 120 valence electrons. The minimum Gasteiger partial charge on any atom is -0.304 e. The van der Waals surface area contributed by atoms with Crippen molar-refractivity contribution >= 4 is 11.7 Å². The number of amides is 1. The van der Waals surface area contributed by atoms with Crippen molar-refractivity contribution in [1.29, 1.82) is 0 Å². The van der Waals surface area contributed by atoms with Gasteiger partial charge in [0, 0.05) is 41.3 Å². The smallest absolute Gasteiger partial charge is 0.277 e. The van der Waals surface area contributed by atoms with Crippen LogP contribution in [-0.4, -0.2) is 35.9 Å². The molecule has 0 unspecified atom stereocenters. The van der Waals surface area contributed by atoms with Gasteiger partial charge in [-0.1, -0.05) is 0 Å². The predicted molar refractivity (Wildman–Crippen MR) is 85.0 cm³/mol. The minimum absolute atomic E-state index is 0.232. The number of anilines is 1. The molecular formula is C16H15N7O. The average molecular weight is 321 g/mol. The topological polar surface area (TPSA) is 101 Å². The third-order valence-electron chi connectivity index (χ3n) is 4.69. The monoisotopic (exact) mass is 321 g/mol. The second-order valence-electron chi connectivity index (χ2n) is 6.37. The zero-order valence-electron chi connectivity index (χ0n) is 13.0. The number of nitrogens with one attached hydrogen (secondary N) is 2. The number of H-pyrrole nitrogens is 1. The third-order valence-corrected chi connectivity index (χ3v) is 4.69. The van der Waals surface area contributed by atoms with Crippen LogP contribution < -0.4 is 5.32 Å². The molecule has 0 radical (unpaired) electrons. The maximum atomic E-state index is 12.5. The Morgan fingerprint density at radius 1 is 1.42 bits per heavy atom. The van der Waals surface area contributed by atoms with Crippen molar-refractivity contribution in [2.75, 3.05) is 5.32 Å². The number of carbonyl (C=O) groups excluding carboxylic acids is 1. The van der Waals surface area contributed by atoms with Gasteiger partial charge in [0.25, 0.3) is 11.9 Å². The van der Waals surface area contributed by atoms with Crippen LogP contribution in [0.3, 0.4) is 0 Å². The lowest BCUT2D eigenvalue weighted by Crippen LogP contribution is -2.15. The quantitative estimate of drug-likeness (QED) is 0.763. The number of aryl methyl sites for hydroxylation is 1. The van der Waals surface area contributed by atoms with Crippen LogP contribution in [0, 0.1) is 12.8 Å². The van der Waals surface area contributed by atoms with E-state index in [0.717, 1.165) is 23.4 Å². The second kappa shape index (κ2) is 4.73. The predicted octanol–water partition coefficient (Wildman–Crippen LogP) is 1.61. The Bertz CT molecular complexity index is 957. The molecule has 0 aromatic carbocycles. The zero-order valence-corrected chi connectivity index (χ0v) is 13.0. The van der Waals surface area contributed by atoms with Crippen LogP contribution in [-0.2, 0) is 6.42 Å². The first-order chi connectivity index (χ1) is 11.7. The summed E-state index contributed by atoms with van der Waals surface area (Å²) < 4.78 is 1.53. The number of aromatic amines is 1. The number of hydrogen-bond donors (Lipinski definition) is 2. The summed E-state index contributed by atoms with van der Waals surface area (Å²) in [5.41, 5.74) is 3.55. The summed E-state index contributed by atoms with van der Waals surface area (Å²) >= 11 is 0. The molecule has 1 saturated carbocycles. The van der Waals surface area contributed by atoms with Gasteiger partial charge in [0.15, 0.2) is 11.5 Å². The molecule has 2 aliphatic rings. The molecule has 0 spiro atoms. The van der Waals surface area contributed by atoms with Gasteiger partial charge < -0.3 is 5.32 Å². The molecule has 0 aliphatic heterocycles. The van der Waals surface area contributed by atoms with E-state index in [4.69, 9.17) is 0 Å². The maximum absolute atomic E-state index is 12.5. The van der Waals surface area contributed by atoms with E-state index in [1.165, 1.54) is 11.1 Å². The van der Waals surface area contributed by atoms with Crippen molar-refractivity contribution in [1.82, 2.24) is 29.9 Å². The number of carbonyl (C=O) groups is 1. The Hall–Kier alpha value is -3.03. The third kappa shape index (κ3) is 2.03. The summed E-state index contributed by atoms with van der Waals surface area (Å²) in [6.45, 7) is 1.89. The number of rotatable bonds is 3. The van der Waals surface area contributed by atoms with Crippen molar-refractivity contribution in [3.8, 4) is 5.95 Å². The first-order valence-electron chi connectivity index (χ1n) is 7.93. The lowest BCUT2D eigenvalue weighted by Gasteiger charge is -2.02. The highest BCUT2D eigenvalue weighted by molar-refractivity contribution is 6.03. The average Bonchev–Trinajstić information content (AvgIpc) is 2.92. The van der Waals surface area contributed by atoms with E-state index in [-0.39, 0.29) is 5.91 Å². The molecule has 8 heteroatoms. The highest BCUT2D eigenvalue weighted by Crippen LogP contribution is 2.56. The van der Waals surface area contributed by atoms with Crippen LogP contribution in [0.4, 0.5) is 5.82 Å². The van der Waals surface area contributed by atoms with Gasteiger partial charge in [-0.3, -0.25) is 9.89 Å². The molecule has 2 aliphatic carbocycles. The van der Waals surface area contributed by atoms with Crippen LogP contribution in [0.25, 0.3) is 5.95 Å². The molecule has 5 rings (SSSR count). The Labute approximate surface area is 137 Å². The zero-order chi connectivity index (χ0) is 16.3. The summed E-state index contributed by atoms with van der Waals surface area (Å²) in [4.78, 5) is 21.0.